The maximum Gasteiger partial charge on any atom is 0.311 e. The number of nitrogens with zero attached hydrogens (tertiary/aromatic N) is 3. The molecular formula is C19H24N4O3. The molecule has 2 aromatic rings. The molecule has 1 N–H and O–H groups in total. The zero-order valence-corrected chi connectivity index (χ0v) is 15.0. The number of benzene rings is 1. The molecular weight excluding hydrogens is 332 g/mol. The van der Waals surface area contributed by atoms with Gasteiger partial charge in [0.1, 0.15) is 0 Å². The lowest BCUT2D eigenvalue weighted by molar-refractivity contribution is -0.142. The minimum Gasteiger partial charge on any atom is -0.466 e. The minimum absolute atomic E-state index is 0.0126. The maximum atomic E-state index is 11.9. The SMILES string of the molecule is CCOC(=O)Cc1cc(=O)[nH]c(N2CCN(Cc3ccccc3)CC2)n1. The topological polar surface area (TPSA) is 78.5 Å². The number of aromatic nitrogens is 2. The highest BCUT2D eigenvalue weighted by atomic mass is 16.5. The van der Waals surface area contributed by atoms with E-state index in [1.807, 2.05) is 6.07 Å². The lowest BCUT2D eigenvalue weighted by Crippen LogP contribution is -2.47. The molecule has 3 rings (SSSR count). The second-order valence-corrected chi connectivity index (χ2v) is 6.29. The largest absolute Gasteiger partial charge is 0.466 e. The molecule has 2 heterocycles. The average molecular weight is 356 g/mol. The molecule has 1 saturated heterocycles. The molecule has 0 radical (unpaired) electrons. The van der Waals surface area contributed by atoms with E-state index in [0.29, 0.717) is 18.2 Å². The lowest BCUT2D eigenvalue weighted by Gasteiger charge is -2.35. The van der Waals surface area contributed by atoms with Gasteiger partial charge >= 0.3 is 5.97 Å². The Balaban J connectivity index is 1.61. The molecule has 7 heteroatoms. The van der Waals surface area contributed by atoms with Crippen LogP contribution in [0.4, 0.5) is 5.95 Å². The summed E-state index contributed by atoms with van der Waals surface area (Å²) >= 11 is 0. The van der Waals surface area contributed by atoms with Gasteiger partial charge in [-0.15, -0.1) is 0 Å². The second-order valence-electron chi connectivity index (χ2n) is 6.29. The predicted octanol–water partition coefficient (Wildman–Crippen LogP) is 1.20. The van der Waals surface area contributed by atoms with Gasteiger partial charge < -0.3 is 9.64 Å². The third kappa shape index (κ3) is 4.92. The van der Waals surface area contributed by atoms with E-state index in [2.05, 4.69) is 44.0 Å². The summed E-state index contributed by atoms with van der Waals surface area (Å²) in [7, 11) is 0. The van der Waals surface area contributed by atoms with E-state index in [0.717, 1.165) is 32.7 Å². The van der Waals surface area contributed by atoms with Gasteiger partial charge in [0.05, 0.1) is 18.7 Å². The number of carbonyl (C=O) groups is 1. The molecule has 1 aliphatic heterocycles. The Hall–Kier alpha value is -2.67. The van der Waals surface area contributed by atoms with E-state index in [4.69, 9.17) is 4.74 Å². The van der Waals surface area contributed by atoms with Crippen LogP contribution in [-0.2, 0) is 22.5 Å². The van der Waals surface area contributed by atoms with E-state index < -0.39 is 0 Å². The number of rotatable bonds is 6. The molecule has 7 nitrogen and oxygen atoms in total. The molecule has 1 aliphatic rings. The number of piperazine rings is 1. The molecule has 138 valence electrons. The Kier molecular flexibility index (Phi) is 6.01. The zero-order chi connectivity index (χ0) is 18.4. The van der Waals surface area contributed by atoms with Gasteiger partial charge in [-0.05, 0) is 12.5 Å². The van der Waals surface area contributed by atoms with Crippen molar-refractivity contribution in [1.82, 2.24) is 14.9 Å². The van der Waals surface area contributed by atoms with Crippen molar-refractivity contribution in [3.8, 4) is 0 Å². The fourth-order valence-corrected chi connectivity index (χ4v) is 3.05. The van der Waals surface area contributed by atoms with Crippen molar-refractivity contribution in [3.63, 3.8) is 0 Å². The maximum absolute atomic E-state index is 11.9. The van der Waals surface area contributed by atoms with Crippen LogP contribution >= 0.6 is 0 Å². The monoisotopic (exact) mass is 356 g/mol. The summed E-state index contributed by atoms with van der Waals surface area (Å²) in [6.07, 6.45) is 0.0126. The first kappa shape index (κ1) is 18.1. The van der Waals surface area contributed by atoms with Gasteiger partial charge in [0.2, 0.25) is 5.95 Å². The van der Waals surface area contributed by atoms with Gasteiger partial charge in [-0.1, -0.05) is 30.3 Å². The normalized spacial score (nSPS) is 15.0. The molecule has 1 fully saturated rings. The standard InChI is InChI=1S/C19H24N4O3/c1-2-26-18(25)13-16-12-17(24)21-19(20-16)23-10-8-22(9-11-23)14-15-6-4-3-5-7-15/h3-7,12H,2,8-11,13-14H2,1H3,(H,20,21,24). The van der Waals surface area contributed by atoms with Crippen molar-refractivity contribution in [2.24, 2.45) is 0 Å². The molecule has 0 bridgehead atoms. The van der Waals surface area contributed by atoms with Crippen LogP contribution in [-0.4, -0.2) is 53.6 Å². The Morgan fingerprint density at radius 3 is 2.62 bits per heavy atom. The van der Waals surface area contributed by atoms with Crippen LogP contribution in [0.1, 0.15) is 18.2 Å². The first-order valence-electron chi connectivity index (χ1n) is 8.91. The number of aromatic amines is 1. The lowest BCUT2D eigenvalue weighted by atomic mass is 10.2. The van der Waals surface area contributed by atoms with Gasteiger partial charge in [-0.25, -0.2) is 4.98 Å². The number of esters is 1. The summed E-state index contributed by atoms with van der Waals surface area (Å²) in [5.74, 6) is 0.153. The molecule has 1 aromatic heterocycles. The van der Waals surface area contributed by atoms with E-state index in [-0.39, 0.29) is 17.9 Å². The second kappa shape index (κ2) is 8.62. The van der Waals surface area contributed by atoms with Crippen LogP contribution in [0.25, 0.3) is 0 Å². The van der Waals surface area contributed by atoms with Crippen molar-refractivity contribution < 1.29 is 9.53 Å². The molecule has 0 saturated carbocycles. The average Bonchev–Trinajstić information content (AvgIpc) is 2.63. The summed E-state index contributed by atoms with van der Waals surface area (Å²) in [5, 5.41) is 0. The number of anilines is 1. The van der Waals surface area contributed by atoms with Crippen LogP contribution in [0.15, 0.2) is 41.2 Å². The number of ether oxygens (including phenoxy) is 1. The predicted molar refractivity (Wildman–Crippen MR) is 99.1 cm³/mol. The number of hydrogen-bond acceptors (Lipinski definition) is 6. The third-order valence-corrected chi connectivity index (χ3v) is 4.33. The van der Waals surface area contributed by atoms with Crippen molar-refractivity contribution in [2.75, 3.05) is 37.7 Å². The highest BCUT2D eigenvalue weighted by Crippen LogP contribution is 2.13. The zero-order valence-electron chi connectivity index (χ0n) is 15.0. The molecule has 26 heavy (non-hydrogen) atoms. The summed E-state index contributed by atoms with van der Waals surface area (Å²) in [5.41, 5.74) is 1.49. The van der Waals surface area contributed by atoms with E-state index in [1.165, 1.54) is 11.6 Å². The Bertz CT molecular complexity index is 783. The van der Waals surface area contributed by atoms with Crippen molar-refractivity contribution in [2.45, 2.75) is 19.9 Å². The van der Waals surface area contributed by atoms with Crippen molar-refractivity contribution in [3.05, 3.63) is 58.0 Å². The summed E-state index contributed by atoms with van der Waals surface area (Å²) in [4.78, 5) is 35.2. The van der Waals surface area contributed by atoms with Crippen molar-refractivity contribution in [1.29, 1.82) is 0 Å². The number of nitrogens with one attached hydrogen (secondary N) is 1. The number of H-pyrrole nitrogens is 1. The van der Waals surface area contributed by atoms with Crippen molar-refractivity contribution >= 4 is 11.9 Å². The molecule has 0 aliphatic carbocycles. The van der Waals surface area contributed by atoms with Crippen LogP contribution in [0.2, 0.25) is 0 Å². The van der Waals surface area contributed by atoms with E-state index >= 15 is 0 Å². The number of hydrogen-bond donors (Lipinski definition) is 1. The van der Waals surface area contributed by atoms with Crippen LogP contribution in [0.3, 0.4) is 0 Å². The highest BCUT2D eigenvalue weighted by Gasteiger charge is 2.19. The van der Waals surface area contributed by atoms with E-state index in [1.54, 1.807) is 6.92 Å². The van der Waals surface area contributed by atoms with Gasteiger partial charge in [0, 0.05) is 38.8 Å². The first-order chi connectivity index (χ1) is 12.6. The van der Waals surface area contributed by atoms with Gasteiger partial charge in [0.25, 0.3) is 5.56 Å². The quantitative estimate of drug-likeness (QED) is 0.784. The Labute approximate surface area is 152 Å². The molecule has 0 unspecified atom stereocenters. The van der Waals surface area contributed by atoms with Gasteiger partial charge in [0.15, 0.2) is 0 Å². The van der Waals surface area contributed by atoms with Crippen LogP contribution < -0.4 is 10.5 Å². The number of carbonyl (C=O) groups excluding carboxylic acids is 1. The molecule has 1 aromatic carbocycles. The minimum atomic E-state index is -0.371. The fraction of sp³-hybridized carbons (Fsp3) is 0.421. The fourth-order valence-electron chi connectivity index (χ4n) is 3.05. The first-order valence-corrected chi connectivity index (χ1v) is 8.91. The molecule has 0 amide bonds. The Morgan fingerprint density at radius 2 is 1.92 bits per heavy atom. The van der Waals surface area contributed by atoms with Crippen LogP contribution in [0, 0.1) is 0 Å². The summed E-state index contributed by atoms with van der Waals surface area (Å²) in [6, 6.07) is 11.7. The van der Waals surface area contributed by atoms with E-state index in [9.17, 15) is 9.59 Å². The van der Waals surface area contributed by atoms with Gasteiger partial charge in [-0.3, -0.25) is 19.5 Å². The smallest absolute Gasteiger partial charge is 0.311 e. The summed E-state index contributed by atoms with van der Waals surface area (Å²) < 4.78 is 4.93. The third-order valence-electron chi connectivity index (χ3n) is 4.33. The summed E-state index contributed by atoms with van der Waals surface area (Å²) in [6.45, 7) is 6.32. The van der Waals surface area contributed by atoms with Gasteiger partial charge in [-0.2, -0.15) is 0 Å². The van der Waals surface area contributed by atoms with Crippen LogP contribution in [0.5, 0.6) is 0 Å². The Morgan fingerprint density at radius 1 is 1.19 bits per heavy atom. The molecule has 0 atom stereocenters. The highest BCUT2D eigenvalue weighted by molar-refractivity contribution is 5.72. The molecule has 0 spiro atoms.